The lowest BCUT2D eigenvalue weighted by Crippen LogP contribution is -2.22. The molecular formula is C28H50NO4P. The van der Waals surface area contributed by atoms with Gasteiger partial charge >= 0.3 is 5.97 Å². The van der Waals surface area contributed by atoms with Gasteiger partial charge in [-0.2, -0.15) is 4.91 Å². The Morgan fingerprint density at radius 3 is 2.15 bits per heavy atom. The molecule has 0 fully saturated rings. The van der Waals surface area contributed by atoms with Crippen LogP contribution < -0.4 is 0 Å². The molecule has 0 heterocycles. The summed E-state index contributed by atoms with van der Waals surface area (Å²) in [4.78, 5) is 22.4. The van der Waals surface area contributed by atoms with Crippen molar-refractivity contribution in [3.63, 3.8) is 0 Å². The molecule has 0 aliphatic heterocycles. The molecule has 0 spiro atoms. The minimum absolute atomic E-state index is 0.205. The molecule has 5 nitrogen and oxygen atoms in total. The molecule has 6 heteroatoms. The van der Waals surface area contributed by atoms with Crippen LogP contribution in [0.25, 0.3) is 0 Å². The third-order valence-electron chi connectivity index (χ3n) is 8.05. The zero-order valence-electron chi connectivity index (χ0n) is 22.5. The molecule has 1 aliphatic rings. The molecular weight excluding hydrogens is 445 g/mol. The summed E-state index contributed by atoms with van der Waals surface area (Å²) in [6.45, 7) is 12.5. The van der Waals surface area contributed by atoms with Gasteiger partial charge < -0.3 is 10.2 Å². The van der Waals surface area contributed by atoms with Gasteiger partial charge in [-0.05, 0) is 68.7 Å². The van der Waals surface area contributed by atoms with Crippen LogP contribution >= 0.6 is 9.24 Å². The van der Waals surface area contributed by atoms with E-state index in [-0.39, 0.29) is 17.9 Å². The number of aliphatic carboxylic acids is 1. The van der Waals surface area contributed by atoms with Gasteiger partial charge in [-0.3, -0.25) is 4.79 Å². The standard InChI is InChI=1S/C28H50NO4P/c1-19(12-8-16-28(6,29-33)17-9-13-21(3)27(31)32)10-7-11-20(2)14-15-24-18-25(30)22(4)23(5)26(24)34/h18-22,25,30H,7-17,34H2,1-6H3,(H,31,32). The Hall–Kier alpha value is -1.06. The number of carbonyl (C=O) groups is 1. The molecule has 196 valence electrons. The Balaban J connectivity index is 2.26. The van der Waals surface area contributed by atoms with E-state index in [1.54, 1.807) is 6.92 Å². The SMILES string of the molecule is CC1=C(P)C(CCC(C)CCCC(C)CCCC(C)(CCCC(C)C(=O)O)N=O)=CC(O)C1C. The Labute approximate surface area is 210 Å². The molecule has 7 atom stereocenters. The highest BCUT2D eigenvalue weighted by atomic mass is 31.0. The first-order valence-corrected chi connectivity index (χ1v) is 13.9. The average Bonchev–Trinajstić information content (AvgIpc) is 2.79. The Morgan fingerprint density at radius 2 is 1.59 bits per heavy atom. The topological polar surface area (TPSA) is 87.0 Å². The van der Waals surface area contributed by atoms with Crippen LogP contribution in [-0.4, -0.2) is 27.8 Å². The Bertz CT molecular complexity index is 719. The zero-order valence-corrected chi connectivity index (χ0v) is 23.6. The molecule has 0 aromatic carbocycles. The van der Waals surface area contributed by atoms with E-state index >= 15 is 0 Å². The van der Waals surface area contributed by atoms with Gasteiger partial charge in [-0.25, -0.2) is 0 Å². The molecule has 0 saturated heterocycles. The van der Waals surface area contributed by atoms with Crippen LogP contribution in [0.5, 0.6) is 0 Å². The highest BCUT2D eigenvalue weighted by Crippen LogP contribution is 2.36. The van der Waals surface area contributed by atoms with Gasteiger partial charge in [0.15, 0.2) is 0 Å². The van der Waals surface area contributed by atoms with E-state index < -0.39 is 11.5 Å². The first-order chi connectivity index (χ1) is 15.9. The highest BCUT2D eigenvalue weighted by Gasteiger charge is 2.26. The number of aliphatic hydroxyl groups excluding tert-OH is 1. The van der Waals surface area contributed by atoms with Crippen molar-refractivity contribution in [2.45, 2.75) is 124 Å². The van der Waals surface area contributed by atoms with Crippen LogP contribution in [0.3, 0.4) is 0 Å². The monoisotopic (exact) mass is 495 g/mol. The number of carboxylic acids is 1. The molecule has 1 rings (SSSR count). The van der Waals surface area contributed by atoms with E-state index in [0.29, 0.717) is 24.7 Å². The molecule has 0 saturated carbocycles. The second-order valence-electron chi connectivity index (χ2n) is 11.4. The van der Waals surface area contributed by atoms with Gasteiger partial charge in [0.2, 0.25) is 0 Å². The average molecular weight is 496 g/mol. The predicted octanol–water partition coefficient (Wildman–Crippen LogP) is 7.88. The van der Waals surface area contributed by atoms with Crippen molar-refractivity contribution in [1.29, 1.82) is 0 Å². The summed E-state index contributed by atoms with van der Waals surface area (Å²) in [5.74, 6) is 0.368. The molecule has 0 aromatic rings. The lowest BCUT2D eigenvalue weighted by atomic mass is 9.85. The molecule has 0 radical (unpaired) electrons. The van der Waals surface area contributed by atoms with E-state index in [1.807, 2.05) is 13.0 Å². The number of nitrogens with zero attached hydrogens (tertiary/aromatic N) is 1. The molecule has 0 amide bonds. The Morgan fingerprint density at radius 1 is 1.06 bits per heavy atom. The minimum atomic E-state index is -0.774. The summed E-state index contributed by atoms with van der Waals surface area (Å²) in [7, 11) is 2.88. The van der Waals surface area contributed by atoms with Gasteiger partial charge in [0, 0.05) is 5.92 Å². The number of rotatable bonds is 17. The fourth-order valence-corrected chi connectivity index (χ4v) is 5.38. The summed E-state index contributed by atoms with van der Waals surface area (Å²) in [6, 6.07) is 0. The van der Waals surface area contributed by atoms with E-state index in [2.05, 4.69) is 42.1 Å². The summed E-state index contributed by atoms with van der Waals surface area (Å²) in [5.41, 5.74) is 2.00. The lowest BCUT2D eigenvalue weighted by molar-refractivity contribution is -0.141. The van der Waals surface area contributed by atoms with Crippen LogP contribution in [0, 0.1) is 28.6 Å². The number of nitroso groups, excluding NO2 is 1. The van der Waals surface area contributed by atoms with E-state index in [4.69, 9.17) is 5.11 Å². The largest absolute Gasteiger partial charge is 0.481 e. The van der Waals surface area contributed by atoms with Gasteiger partial charge in [0.25, 0.3) is 0 Å². The lowest BCUT2D eigenvalue weighted by Gasteiger charge is -2.27. The third kappa shape index (κ3) is 10.7. The van der Waals surface area contributed by atoms with Gasteiger partial charge in [0.1, 0.15) is 0 Å². The smallest absolute Gasteiger partial charge is 0.306 e. The fraction of sp³-hybridized carbons (Fsp3) is 0.821. The maximum absolute atomic E-state index is 11.4. The molecule has 7 unspecified atom stereocenters. The maximum Gasteiger partial charge on any atom is 0.306 e. The first kappa shape index (κ1) is 31.0. The normalized spacial score (nSPS) is 23.1. The summed E-state index contributed by atoms with van der Waals surface area (Å²) in [6.07, 6.45) is 12.4. The highest BCUT2D eigenvalue weighted by molar-refractivity contribution is 7.23. The van der Waals surface area contributed by atoms with Crippen LogP contribution in [-0.2, 0) is 4.79 Å². The van der Waals surface area contributed by atoms with Crippen molar-refractivity contribution in [2.24, 2.45) is 28.8 Å². The molecule has 1 aliphatic carbocycles. The number of aliphatic hydroxyl groups is 1. The summed E-state index contributed by atoms with van der Waals surface area (Å²) in [5, 5.41) is 23.9. The van der Waals surface area contributed by atoms with E-state index in [0.717, 1.165) is 38.5 Å². The van der Waals surface area contributed by atoms with Crippen molar-refractivity contribution in [1.82, 2.24) is 0 Å². The van der Waals surface area contributed by atoms with E-state index in [1.165, 1.54) is 35.7 Å². The van der Waals surface area contributed by atoms with Crippen LogP contribution in [0.4, 0.5) is 0 Å². The second kappa shape index (κ2) is 15.1. The maximum atomic E-state index is 11.4. The van der Waals surface area contributed by atoms with Crippen LogP contribution in [0.15, 0.2) is 27.7 Å². The minimum Gasteiger partial charge on any atom is -0.481 e. The second-order valence-corrected chi connectivity index (χ2v) is 11.9. The van der Waals surface area contributed by atoms with Crippen molar-refractivity contribution in [3.05, 3.63) is 27.4 Å². The number of hydrogen-bond donors (Lipinski definition) is 2. The van der Waals surface area contributed by atoms with E-state index in [9.17, 15) is 14.8 Å². The van der Waals surface area contributed by atoms with Gasteiger partial charge in [-0.1, -0.05) is 83.0 Å². The van der Waals surface area contributed by atoms with Crippen molar-refractivity contribution in [3.8, 4) is 0 Å². The van der Waals surface area contributed by atoms with Crippen molar-refractivity contribution in [2.75, 3.05) is 0 Å². The third-order valence-corrected chi connectivity index (χ3v) is 8.87. The van der Waals surface area contributed by atoms with Crippen molar-refractivity contribution >= 4 is 15.2 Å². The van der Waals surface area contributed by atoms with Gasteiger partial charge in [-0.15, -0.1) is 9.24 Å². The van der Waals surface area contributed by atoms with Crippen LogP contribution in [0.1, 0.15) is 112 Å². The number of hydrogen-bond acceptors (Lipinski definition) is 4. The molecule has 2 N–H and O–H groups in total. The number of carboxylic acid groups (broad SMARTS) is 1. The predicted molar refractivity (Wildman–Crippen MR) is 146 cm³/mol. The Kier molecular flexibility index (Phi) is 13.8. The quantitative estimate of drug-likeness (QED) is 0.159. The first-order valence-electron chi connectivity index (χ1n) is 13.3. The van der Waals surface area contributed by atoms with Crippen molar-refractivity contribution < 1.29 is 15.0 Å². The summed E-state index contributed by atoms with van der Waals surface area (Å²) >= 11 is 0. The summed E-state index contributed by atoms with van der Waals surface area (Å²) < 4.78 is 0. The molecule has 34 heavy (non-hydrogen) atoms. The molecule has 0 aromatic heterocycles. The van der Waals surface area contributed by atoms with Gasteiger partial charge in [0.05, 0.1) is 17.6 Å². The molecule has 0 bridgehead atoms. The zero-order chi connectivity index (χ0) is 25.9. The number of allylic oxidation sites excluding steroid dienone is 2. The fourth-order valence-electron chi connectivity index (χ4n) is 4.88. The van der Waals surface area contributed by atoms with Crippen LogP contribution in [0.2, 0.25) is 0 Å².